The SMILES string of the molecule is CCN(CC(=O)O)Cc1ccc(OC)c(Br)c1. The summed E-state index contributed by atoms with van der Waals surface area (Å²) in [5.74, 6) is -0.0329. The number of hydrogen-bond donors (Lipinski definition) is 1. The summed E-state index contributed by atoms with van der Waals surface area (Å²) in [6, 6.07) is 5.76. The Morgan fingerprint density at radius 2 is 2.24 bits per heavy atom. The van der Waals surface area contributed by atoms with E-state index in [1.54, 1.807) is 7.11 Å². The third kappa shape index (κ3) is 4.36. The maximum Gasteiger partial charge on any atom is 0.317 e. The molecule has 0 heterocycles. The zero-order chi connectivity index (χ0) is 12.8. The van der Waals surface area contributed by atoms with E-state index in [-0.39, 0.29) is 6.54 Å². The van der Waals surface area contributed by atoms with Crippen molar-refractivity contribution in [3.8, 4) is 5.75 Å². The average molecular weight is 302 g/mol. The van der Waals surface area contributed by atoms with Gasteiger partial charge in [-0.15, -0.1) is 0 Å². The predicted molar refractivity (Wildman–Crippen MR) is 69.3 cm³/mol. The van der Waals surface area contributed by atoms with E-state index in [1.807, 2.05) is 30.0 Å². The van der Waals surface area contributed by atoms with Crippen LogP contribution in [0.1, 0.15) is 12.5 Å². The molecule has 0 saturated heterocycles. The standard InChI is InChI=1S/C12H16BrNO3/c1-3-14(8-12(15)16)7-9-4-5-11(17-2)10(13)6-9/h4-6H,3,7-8H2,1-2H3,(H,15,16). The van der Waals surface area contributed by atoms with Crippen molar-refractivity contribution in [2.45, 2.75) is 13.5 Å². The molecule has 94 valence electrons. The van der Waals surface area contributed by atoms with Gasteiger partial charge in [-0.3, -0.25) is 9.69 Å². The number of carboxylic acid groups (broad SMARTS) is 1. The molecule has 4 nitrogen and oxygen atoms in total. The summed E-state index contributed by atoms with van der Waals surface area (Å²) in [6.07, 6.45) is 0. The van der Waals surface area contributed by atoms with Gasteiger partial charge in [0.1, 0.15) is 5.75 Å². The summed E-state index contributed by atoms with van der Waals surface area (Å²) >= 11 is 3.41. The highest BCUT2D eigenvalue weighted by molar-refractivity contribution is 9.10. The fourth-order valence-corrected chi connectivity index (χ4v) is 2.13. The fourth-order valence-electron chi connectivity index (χ4n) is 1.54. The zero-order valence-electron chi connectivity index (χ0n) is 9.94. The molecular formula is C12H16BrNO3. The highest BCUT2D eigenvalue weighted by Gasteiger charge is 2.09. The number of methoxy groups -OCH3 is 1. The number of likely N-dealkylation sites (N-methyl/N-ethyl adjacent to an activating group) is 1. The Balaban J connectivity index is 2.73. The number of ether oxygens (including phenoxy) is 1. The van der Waals surface area contributed by atoms with E-state index >= 15 is 0 Å². The van der Waals surface area contributed by atoms with Crippen molar-refractivity contribution in [3.63, 3.8) is 0 Å². The van der Waals surface area contributed by atoms with Gasteiger partial charge >= 0.3 is 5.97 Å². The maximum atomic E-state index is 10.7. The normalized spacial score (nSPS) is 10.6. The fraction of sp³-hybridized carbons (Fsp3) is 0.417. The summed E-state index contributed by atoms with van der Waals surface area (Å²) in [4.78, 5) is 12.5. The molecule has 0 aliphatic rings. The second kappa shape index (κ2) is 6.61. The first-order chi connectivity index (χ1) is 8.06. The van der Waals surface area contributed by atoms with Gasteiger partial charge in [0.05, 0.1) is 18.1 Å². The van der Waals surface area contributed by atoms with Crippen molar-refractivity contribution >= 4 is 21.9 Å². The molecule has 0 fully saturated rings. The minimum absolute atomic E-state index is 0.0557. The van der Waals surface area contributed by atoms with Crippen LogP contribution >= 0.6 is 15.9 Å². The Hall–Kier alpha value is -1.07. The molecule has 0 saturated carbocycles. The smallest absolute Gasteiger partial charge is 0.317 e. The van der Waals surface area contributed by atoms with Crippen molar-refractivity contribution in [1.29, 1.82) is 0 Å². The predicted octanol–water partition coefficient (Wildman–Crippen LogP) is 2.36. The molecule has 1 rings (SSSR count). The first-order valence-corrected chi connectivity index (χ1v) is 6.12. The van der Waals surface area contributed by atoms with Crippen LogP contribution in [0.15, 0.2) is 22.7 Å². The van der Waals surface area contributed by atoms with Gasteiger partial charge in [0.2, 0.25) is 0 Å². The van der Waals surface area contributed by atoms with Crippen LogP contribution in [0.5, 0.6) is 5.75 Å². The molecule has 0 bridgehead atoms. The molecule has 17 heavy (non-hydrogen) atoms. The highest BCUT2D eigenvalue weighted by atomic mass is 79.9. The number of carboxylic acids is 1. The van der Waals surface area contributed by atoms with Crippen LogP contribution in [-0.4, -0.2) is 36.2 Å². The van der Waals surface area contributed by atoms with Crippen molar-refractivity contribution < 1.29 is 14.6 Å². The Bertz CT molecular complexity index is 395. The number of rotatable bonds is 6. The van der Waals surface area contributed by atoms with Crippen LogP contribution in [0.25, 0.3) is 0 Å². The van der Waals surface area contributed by atoms with Crippen molar-refractivity contribution in [3.05, 3.63) is 28.2 Å². The molecule has 1 N–H and O–H groups in total. The molecule has 0 aliphatic carbocycles. The number of hydrogen-bond acceptors (Lipinski definition) is 3. The summed E-state index contributed by atoms with van der Waals surface area (Å²) in [5.41, 5.74) is 1.06. The van der Waals surface area contributed by atoms with E-state index in [0.717, 1.165) is 15.8 Å². The van der Waals surface area contributed by atoms with E-state index in [1.165, 1.54) is 0 Å². The molecule has 1 aromatic rings. The lowest BCUT2D eigenvalue weighted by atomic mass is 10.2. The van der Waals surface area contributed by atoms with E-state index in [4.69, 9.17) is 9.84 Å². The average Bonchev–Trinajstić information content (AvgIpc) is 2.27. The lowest BCUT2D eigenvalue weighted by Gasteiger charge is -2.18. The van der Waals surface area contributed by atoms with Crippen molar-refractivity contribution in [1.82, 2.24) is 4.90 Å². The topological polar surface area (TPSA) is 49.8 Å². The minimum Gasteiger partial charge on any atom is -0.496 e. The van der Waals surface area contributed by atoms with E-state index in [9.17, 15) is 4.79 Å². The molecule has 1 aromatic carbocycles. The molecule has 0 radical (unpaired) electrons. The summed E-state index contributed by atoms with van der Waals surface area (Å²) < 4.78 is 6.02. The highest BCUT2D eigenvalue weighted by Crippen LogP contribution is 2.25. The van der Waals surface area contributed by atoms with Crippen LogP contribution in [-0.2, 0) is 11.3 Å². The van der Waals surface area contributed by atoms with Crippen LogP contribution in [0.3, 0.4) is 0 Å². The second-order valence-electron chi connectivity index (χ2n) is 3.67. The van der Waals surface area contributed by atoms with Crippen LogP contribution in [0.4, 0.5) is 0 Å². The summed E-state index contributed by atoms with van der Waals surface area (Å²) in [6.45, 7) is 3.32. The Kier molecular flexibility index (Phi) is 5.44. The van der Waals surface area contributed by atoms with Gasteiger partial charge in [-0.1, -0.05) is 13.0 Å². The Labute approximate surface area is 109 Å². The van der Waals surface area contributed by atoms with Crippen LogP contribution < -0.4 is 4.74 Å². The number of carbonyl (C=O) groups is 1. The van der Waals surface area contributed by atoms with Gasteiger partial charge in [0.15, 0.2) is 0 Å². The van der Waals surface area contributed by atoms with Gasteiger partial charge in [-0.25, -0.2) is 0 Å². The molecule has 0 spiro atoms. The van der Waals surface area contributed by atoms with Gasteiger partial charge in [-0.2, -0.15) is 0 Å². The van der Waals surface area contributed by atoms with Gasteiger partial charge in [0, 0.05) is 6.54 Å². The quantitative estimate of drug-likeness (QED) is 0.876. The summed E-state index contributed by atoms with van der Waals surface area (Å²) in [7, 11) is 1.61. The van der Waals surface area contributed by atoms with E-state index in [2.05, 4.69) is 15.9 Å². The largest absolute Gasteiger partial charge is 0.496 e. The van der Waals surface area contributed by atoms with Crippen molar-refractivity contribution in [2.24, 2.45) is 0 Å². The molecule has 0 unspecified atom stereocenters. The van der Waals surface area contributed by atoms with Gasteiger partial charge < -0.3 is 9.84 Å². The first kappa shape index (κ1) is 14.0. The molecule has 0 atom stereocenters. The van der Waals surface area contributed by atoms with Crippen LogP contribution in [0, 0.1) is 0 Å². The first-order valence-electron chi connectivity index (χ1n) is 5.33. The number of nitrogens with zero attached hydrogens (tertiary/aromatic N) is 1. The Morgan fingerprint density at radius 1 is 1.53 bits per heavy atom. The number of halogens is 1. The van der Waals surface area contributed by atoms with Crippen LogP contribution in [0.2, 0.25) is 0 Å². The monoisotopic (exact) mass is 301 g/mol. The maximum absolute atomic E-state index is 10.7. The molecule has 0 aliphatic heterocycles. The number of benzene rings is 1. The summed E-state index contributed by atoms with van der Waals surface area (Å²) in [5, 5.41) is 8.76. The van der Waals surface area contributed by atoms with E-state index < -0.39 is 5.97 Å². The number of aliphatic carboxylic acids is 1. The van der Waals surface area contributed by atoms with Gasteiger partial charge in [0.25, 0.3) is 0 Å². The van der Waals surface area contributed by atoms with Gasteiger partial charge in [-0.05, 0) is 40.2 Å². The second-order valence-corrected chi connectivity index (χ2v) is 4.52. The lowest BCUT2D eigenvalue weighted by molar-refractivity contribution is -0.138. The lowest BCUT2D eigenvalue weighted by Crippen LogP contribution is -2.29. The molecule has 0 amide bonds. The third-order valence-corrected chi connectivity index (χ3v) is 3.05. The molecule has 0 aromatic heterocycles. The Morgan fingerprint density at radius 3 is 2.71 bits per heavy atom. The minimum atomic E-state index is -0.806. The zero-order valence-corrected chi connectivity index (χ0v) is 11.5. The third-order valence-electron chi connectivity index (χ3n) is 2.43. The molecule has 5 heteroatoms. The van der Waals surface area contributed by atoms with E-state index in [0.29, 0.717) is 13.1 Å². The van der Waals surface area contributed by atoms with Crippen molar-refractivity contribution in [2.75, 3.05) is 20.2 Å². The molecular weight excluding hydrogens is 286 g/mol.